The lowest BCUT2D eigenvalue weighted by Crippen LogP contribution is -2.29. The summed E-state index contributed by atoms with van der Waals surface area (Å²) >= 11 is 5.98. The number of carbonyl (C=O) groups excluding carboxylic acids is 1. The molecule has 0 aliphatic rings. The SMILES string of the molecule is CNCCCN(C)C(=O)c1cc(Cl)nc(C(C)C)c1. The van der Waals surface area contributed by atoms with Crippen molar-refractivity contribution in [3.05, 3.63) is 28.5 Å². The van der Waals surface area contributed by atoms with Gasteiger partial charge in [0.1, 0.15) is 5.15 Å². The predicted octanol–water partition coefficient (Wildman–Crippen LogP) is 2.54. The maximum atomic E-state index is 12.3. The van der Waals surface area contributed by atoms with Crippen molar-refractivity contribution in [1.29, 1.82) is 0 Å². The largest absolute Gasteiger partial charge is 0.342 e. The second-order valence-electron chi connectivity index (χ2n) is 4.94. The molecule has 1 amide bonds. The highest BCUT2D eigenvalue weighted by atomic mass is 35.5. The van der Waals surface area contributed by atoms with Crippen molar-refractivity contribution in [2.45, 2.75) is 26.2 Å². The normalized spacial score (nSPS) is 10.8. The van der Waals surface area contributed by atoms with Crippen molar-refractivity contribution >= 4 is 17.5 Å². The third-order valence-electron chi connectivity index (χ3n) is 2.92. The van der Waals surface area contributed by atoms with Crippen LogP contribution in [0.2, 0.25) is 5.15 Å². The van der Waals surface area contributed by atoms with Crippen molar-refractivity contribution in [3.63, 3.8) is 0 Å². The van der Waals surface area contributed by atoms with E-state index in [1.807, 2.05) is 27.0 Å². The van der Waals surface area contributed by atoms with E-state index < -0.39 is 0 Å². The summed E-state index contributed by atoms with van der Waals surface area (Å²) in [4.78, 5) is 18.2. The zero-order valence-corrected chi connectivity index (χ0v) is 12.8. The molecule has 1 aromatic rings. The van der Waals surface area contributed by atoms with Crippen LogP contribution in [0.5, 0.6) is 0 Å². The number of halogens is 1. The fourth-order valence-corrected chi connectivity index (χ4v) is 1.97. The maximum Gasteiger partial charge on any atom is 0.253 e. The minimum atomic E-state index is -0.0118. The monoisotopic (exact) mass is 283 g/mol. The van der Waals surface area contributed by atoms with Gasteiger partial charge in [0.25, 0.3) is 5.91 Å². The first-order valence-electron chi connectivity index (χ1n) is 6.53. The Morgan fingerprint density at radius 3 is 2.74 bits per heavy atom. The first-order valence-corrected chi connectivity index (χ1v) is 6.91. The van der Waals surface area contributed by atoms with E-state index in [0.29, 0.717) is 10.7 Å². The van der Waals surface area contributed by atoms with Crippen LogP contribution in [0.3, 0.4) is 0 Å². The number of hydrogen-bond acceptors (Lipinski definition) is 3. The zero-order valence-electron chi connectivity index (χ0n) is 12.0. The van der Waals surface area contributed by atoms with Gasteiger partial charge in [-0.1, -0.05) is 25.4 Å². The van der Waals surface area contributed by atoms with Gasteiger partial charge in [-0.25, -0.2) is 4.98 Å². The third kappa shape index (κ3) is 4.80. The minimum absolute atomic E-state index is 0.0118. The molecule has 0 saturated carbocycles. The smallest absolute Gasteiger partial charge is 0.253 e. The van der Waals surface area contributed by atoms with Crippen LogP contribution >= 0.6 is 11.6 Å². The van der Waals surface area contributed by atoms with Gasteiger partial charge in [0.05, 0.1) is 0 Å². The second-order valence-corrected chi connectivity index (χ2v) is 5.33. The van der Waals surface area contributed by atoms with Crippen molar-refractivity contribution < 1.29 is 4.79 Å². The van der Waals surface area contributed by atoms with Crippen molar-refractivity contribution in [1.82, 2.24) is 15.2 Å². The Bertz CT molecular complexity index is 435. The summed E-state index contributed by atoms with van der Waals surface area (Å²) in [5.41, 5.74) is 1.45. The number of amides is 1. The van der Waals surface area contributed by atoms with Crippen LogP contribution in [0.25, 0.3) is 0 Å². The first-order chi connectivity index (χ1) is 8.95. The number of pyridine rings is 1. The zero-order chi connectivity index (χ0) is 14.4. The van der Waals surface area contributed by atoms with Gasteiger partial charge >= 0.3 is 0 Å². The number of aromatic nitrogens is 1. The molecule has 0 fully saturated rings. The quantitative estimate of drug-likeness (QED) is 0.645. The van der Waals surface area contributed by atoms with Crippen LogP contribution in [0.1, 0.15) is 42.2 Å². The van der Waals surface area contributed by atoms with Gasteiger partial charge in [0.15, 0.2) is 0 Å². The Balaban J connectivity index is 2.81. The molecule has 1 aromatic heterocycles. The minimum Gasteiger partial charge on any atom is -0.342 e. The maximum absolute atomic E-state index is 12.3. The molecule has 19 heavy (non-hydrogen) atoms. The number of carbonyl (C=O) groups is 1. The summed E-state index contributed by atoms with van der Waals surface area (Å²) in [6.07, 6.45) is 0.925. The van der Waals surface area contributed by atoms with Gasteiger partial charge < -0.3 is 10.2 Å². The summed E-state index contributed by atoms with van der Waals surface area (Å²) in [7, 11) is 3.71. The van der Waals surface area contributed by atoms with E-state index in [-0.39, 0.29) is 11.8 Å². The Morgan fingerprint density at radius 1 is 1.47 bits per heavy atom. The van der Waals surface area contributed by atoms with E-state index in [2.05, 4.69) is 10.3 Å². The van der Waals surface area contributed by atoms with Crippen LogP contribution in [0, 0.1) is 0 Å². The molecule has 0 aromatic carbocycles. The van der Waals surface area contributed by atoms with Gasteiger partial charge in [0, 0.05) is 24.8 Å². The first kappa shape index (κ1) is 15.9. The molecule has 0 unspecified atom stereocenters. The van der Waals surface area contributed by atoms with E-state index >= 15 is 0 Å². The molecule has 106 valence electrons. The molecule has 1 heterocycles. The van der Waals surface area contributed by atoms with Crippen LogP contribution in [-0.2, 0) is 0 Å². The average Bonchev–Trinajstić information content (AvgIpc) is 2.37. The molecule has 0 saturated heterocycles. The van der Waals surface area contributed by atoms with Gasteiger partial charge in [0.2, 0.25) is 0 Å². The molecule has 0 spiro atoms. The number of hydrogen-bond donors (Lipinski definition) is 1. The molecule has 0 atom stereocenters. The van der Waals surface area contributed by atoms with Gasteiger partial charge in [-0.15, -0.1) is 0 Å². The Kier molecular flexibility index (Phi) is 6.25. The summed E-state index contributed by atoms with van der Waals surface area (Å²) < 4.78 is 0. The van der Waals surface area contributed by atoms with Crippen molar-refractivity contribution in [2.75, 3.05) is 27.2 Å². The predicted molar refractivity (Wildman–Crippen MR) is 78.8 cm³/mol. The van der Waals surface area contributed by atoms with E-state index in [1.54, 1.807) is 18.0 Å². The molecule has 5 heteroatoms. The molecule has 4 nitrogen and oxygen atoms in total. The highest BCUT2D eigenvalue weighted by molar-refractivity contribution is 6.29. The van der Waals surface area contributed by atoms with Gasteiger partial charge in [-0.3, -0.25) is 4.79 Å². The van der Waals surface area contributed by atoms with Crippen LogP contribution in [0.4, 0.5) is 0 Å². The summed E-state index contributed by atoms with van der Waals surface area (Å²) in [5.74, 6) is 0.238. The topological polar surface area (TPSA) is 45.2 Å². The van der Waals surface area contributed by atoms with E-state index in [4.69, 9.17) is 11.6 Å². The molecule has 0 aliphatic carbocycles. The standard InChI is InChI=1S/C14H22ClN3O/c1-10(2)12-8-11(9-13(15)17-12)14(19)18(4)7-5-6-16-3/h8-10,16H,5-7H2,1-4H3. The summed E-state index contributed by atoms with van der Waals surface area (Å²) in [5, 5.41) is 3.44. The molecular formula is C14H22ClN3O. The molecular weight excluding hydrogens is 262 g/mol. The molecule has 0 bridgehead atoms. The Hall–Kier alpha value is -1.13. The fraction of sp³-hybridized carbons (Fsp3) is 0.571. The van der Waals surface area contributed by atoms with Crippen LogP contribution in [-0.4, -0.2) is 43.0 Å². The lowest BCUT2D eigenvalue weighted by atomic mass is 10.1. The number of nitrogens with zero attached hydrogens (tertiary/aromatic N) is 2. The lowest BCUT2D eigenvalue weighted by molar-refractivity contribution is 0.0793. The highest BCUT2D eigenvalue weighted by Gasteiger charge is 2.14. The number of rotatable bonds is 6. The molecule has 1 N–H and O–H groups in total. The fourth-order valence-electron chi connectivity index (χ4n) is 1.75. The van der Waals surface area contributed by atoms with Crippen LogP contribution in [0.15, 0.2) is 12.1 Å². The average molecular weight is 284 g/mol. The second kappa shape index (κ2) is 7.46. The highest BCUT2D eigenvalue weighted by Crippen LogP contribution is 2.18. The Morgan fingerprint density at radius 2 is 2.16 bits per heavy atom. The molecule has 0 aliphatic heterocycles. The number of nitrogens with one attached hydrogen (secondary N) is 1. The van der Waals surface area contributed by atoms with Crippen molar-refractivity contribution in [3.8, 4) is 0 Å². The van der Waals surface area contributed by atoms with Gasteiger partial charge in [-0.05, 0) is 38.1 Å². The van der Waals surface area contributed by atoms with Gasteiger partial charge in [-0.2, -0.15) is 0 Å². The van der Waals surface area contributed by atoms with E-state index in [9.17, 15) is 4.79 Å². The Labute approximate surface area is 120 Å². The van der Waals surface area contributed by atoms with Crippen molar-refractivity contribution in [2.24, 2.45) is 0 Å². The third-order valence-corrected chi connectivity index (χ3v) is 3.11. The molecule has 0 radical (unpaired) electrons. The summed E-state index contributed by atoms with van der Waals surface area (Å²) in [6.45, 7) is 5.68. The van der Waals surface area contributed by atoms with Crippen LogP contribution < -0.4 is 5.32 Å². The van der Waals surface area contributed by atoms with E-state index in [0.717, 1.165) is 25.2 Å². The summed E-state index contributed by atoms with van der Waals surface area (Å²) in [6, 6.07) is 3.46. The lowest BCUT2D eigenvalue weighted by Gasteiger charge is -2.18. The van der Waals surface area contributed by atoms with E-state index in [1.165, 1.54) is 0 Å². The molecule has 1 rings (SSSR count).